The fourth-order valence-corrected chi connectivity index (χ4v) is 4.71. The van der Waals surface area contributed by atoms with Gasteiger partial charge in [-0.25, -0.2) is 4.39 Å². The van der Waals surface area contributed by atoms with Crippen molar-refractivity contribution in [3.8, 4) is 5.75 Å². The Morgan fingerprint density at radius 2 is 1.53 bits per heavy atom. The molecule has 0 bridgehead atoms. The molecule has 1 aliphatic rings. The molecule has 1 aromatic carbocycles. The molecule has 0 unspecified atom stereocenters. The van der Waals surface area contributed by atoms with E-state index in [9.17, 15) is 9.18 Å². The molecule has 0 N–H and O–H groups in total. The van der Waals surface area contributed by atoms with E-state index in [-0.39, 0.29) is 11.8 Å². The van der Waals surface area contributed by atoms with E-state index in [4.69, 9.17) is 4.74 Å². The van der Waals surface area contributed by atoms with E-state index in [1.165, 1.54) is 70.3 Å². The summed E-state index contributed by atoms with van der Waals surface area (Å²) in [4.78, 5) is 12.2. The molecule has 3 heteroatoms. The van der Waals surface area contributed by atoms with Gasteiger partial charge in [-0.05, 0) is 42.7 Å². The highest BCUT2D eigenvalue weighted by molar-refractivity contribution is 5.72. The Hall–Kier alpha value is -1.38. The minimum atomic E-state index is -0.260. The van der Waals surface area contributed by atoms with Crippen molar-refractivity contribution < 1.29 is 13.9 Å². The monoisotopic (exact) mass is 418 g/mol. The van der Waals surface area contributed by atoms with Crippen LogP contribution in [0.1, 0.15) is 116 Å². The average Bonchev–Trinajstić information content (AvgIpc) is 2.74. The molecule has 0 heterocycles. The summed E-state index contributed by atoms with van der Waals surface area (Å²) < 4.78 is 19.6. The highest BCUT2D eigenvalue weighted by Crippen LogP contribution is 2.34. The standard InChI is InChI=1S/C27H43FO2/c1-3-5-7-8-10-11-22-13-15-23(16-14-22)17-20-27(29)30-25-19-18-24(26(28)21-25)12-9-6-4-2/h18-19,21-23H,3-17,20H2,1-2H3/t22-,23-. The number of carbonyl (C=O) groups is 1. The number of aryl methyl sites for hydroxylation is 1. The first-order valence-corrected chi connectivity index (χ1v) is 12.6. The molecular weight excluding hydrogens is 375 g/mol. The summed E-state index contributed by atoms with van der Waals surface area (Å²) >= 11 is 0. The summed E-state index contributed by atoms with van der Waals surface area (Å²) in [5.74, 6) is 1.39. The van der Waals surface area contributed by atoms with Crippen LogP contribution in [0.15, 0.2) is 18.2 Å². The number of hydrogen-bond acceptors (Lipinski definition) is 2. The molecule has 1 saturated carbocycles. The molecule has 170 valence electrons. The van der Waals surface area contributed by atoms with Gasteiger partial charge in [0.2, 0.25) is 0 Å². The molecule has 2 nitrogen and oxygen atoms in total. The van der Waals surface area contributed by atoms with Crippen LogP contribution < -0.4 is 4.74 Å². The molecule has 2 rings (SSSR count). The van der Waals surface area contributed by atoms with Crippen molar-refractivity contribution in [1.29, 1.82) is 0 Å². The van der Waals surface area contributed by atoms with Gasteiger partial charge in [-0.3, -0.25) is 4.79 Å². The first kappa shape index (κ1) is 24.9. The molecule has 0 aliphatic heterocycles. The topological polar surface area (TPSA) is 26.3 Å². The minimum Gasteiger partial charge on any atom is -0.426 e. The van der Waals surface area contributed by atoms with E-state index in [0.717, 1.165) is 38.0 Å². The van der Waals surface area contributed by atoms with Crippen LogP contribution in [0.5, 0.6) is 5.75 Å². The van der Waals surface area contributed by atoms with Crippen molar-refractivity contribution >= 4 is 5.97 Å². The van der Waals surface area contributed by atoms with E-state index in [1.54, 1.807) is 12.1 Å². The van der Waals surface area contributed by atoms with Crippen molar-refractivity contribution in [2.75, 3.05) is 0 Å². The average molecular weight is 419 g/mol. The predicted molar refractivity (Wildman–Crippen MR) is 123 cm³/mol. The van der Waals surface area contributed by atoms with E-state index < -0.39 is 0 Å². The van der Waals surface area contributed by atoms with Crippen LogP contribution >= 0.6 is 0 Å². The number of benzene rings is 1. The van der Waals surface area contributed by atoms with Crippen molar-refractivity contribution in [1.82, 2.24) is 0 Å². The summed E-state index contributed by atoms with van der Waals surface area (Å²) in [6, 6.07) is 4.86. The smallest absolute Gasteiger partial charge is 0.311 e. The Kier molecular flexibility index (Phi) is 12.1. The first-order valence-electron chi connectivity index (χ1n) is 12.6. The zero-order valence-corrected chi connectivity index (χ0v) is 19.4. The van der Waals surface area contributed by atoms with Crippen LogP contribution in [0.25, 0.3) is 0 Å². The third kappa shape index (κ3) is 9.62. The van der Waals surface area contributed by atoms with Crippen LogP contribution in [-0.2, 0) is 11.2 Å². The number of hydrogen-bond donors (Lipinski definition) is 0. The Balaban J connectivity index is 1.61. The lowest BCUT2D eigenvalue weighted by Crippen LogP contribution is -2.17. The number of unbranched alkanes of at least 4 members (excludes halogenated alkanes) is 6. The third-order valence-corrected chi connectivity index (χ3v) is 6.74. The molecule has 0 aromatic heterocycles. The molecule has 0 radical (unpaired) electrons. The van der Waals surface area contributed by atoms with Gasteiger partial charge in [0.1, 0.15) is 11.6 Å². The van der Waals surface area contributed by atoms with Gasteiger partial charge in [-0.2, -0.15) is 0 Å². The quantitative estimate of drug-likeness (QED) is 0.172. The van der Waals surface area contributed by atoms with Gasteiger partial charge in [-0.15, -0.1) is 0 Å². The van der Waals surface area contributed by atoms with Gasteiger partial charge in [0.25, 0.3) is 0 Å². The van der Waals surface area contributed by atoms with Crippen molar-refractivity contribution in [2.45, 2.75) is 117 Å². The largest absolute Gasteiger partial charge is 0.426 e. The second-order valence-corrected chi connectivity index (χ2v) is 9.31. The molecule has 0 saturated heterocycles. The Bertz CT molecular complexity index is 605. The Morgan fingerprint density at radius 1 is 0.900 bits per heavy atom. The maximum absolute atomic E-state index is 14.2. The number of rotatable bonds is 14. The van der Waals surface area contributed by atoms with Crippen LogP contribution in [-0.4, -0.2) is 5.97 Å². The van der Waals surface area contributed by atoms with E-state index in [0.29, 0.717) is 23.7 Å². The van der Waals surface area contributed by atoms with Gasteiger partial charge < -0.3 is 4.74 Å². The summed E-state index contributed by atoms with van der Waals surface area (Å²) in [7, 11) is 0. The number of carbonyl (C=O) groups excluding carboxylic acids is 1. The van der Waals surface area contributed by atoms with Crippen molar-refractivity contribution in [3.63, 3.8) is 0 Å². The highest BCUT2D eigenvalue weighted by Gasteiger charge is 2.22. The van der Waals surface area contributed by atoms with E-state index in [1.807, 2.05) is 0 Å². The maximum atomic E-state index is 14.2. The minimum absolute atomic E-state index is 0.230. The molecule has 30 heavy (non-hydrogen) atoms. The summed E-state index contributed by atoms with van der Waals surface area (Å²) in [6.45, 7) is 4.40. The Labute approximate surface area is 184 Å². The molecule has 1 fully saturated rings. The van der Waals surface area contributed by atoms with Gasteiger partial charge in [0.15, 0.2) is 0 Å². The lowest BCUT2D eigenvalue weighted by Gasteiger charge is -2.28. The summed E-state index contributed by atoms with van der Waals surface area (Å²) in [6.07, 6.45) is 18.7. The van der Waals surface area contributed by atoms with Crippen LogP contribution in [0, 0.1) is 17.7 Å². The van der Waals surface area contributed by atoms with Gasteiger partial charge in [-0.1, -0.05) is 97.0 Å². The highest BCUT2D eigenvalue weighted by atomic mass is 19.1. The van der Waals surface area contributed by atoms with Crippen LogP contribution in [0.2, 0.25) is 0 Å². The number of esters is 1. The molecule has 0 atom stereocenters. The predicted octanol–water partition coefficient (Wildman–Crippen LogP) is 8.41. The molecule has 1 aliphatic carbocycles. The third-order valence-electron chi connectivity index (χ3n) is 6.74. The van der Waals surface area contributed by atoms with Crippen molar-refractivity contribution in [3.05, 3.63) is 29.6 Å². The molecular formula is C27H43FO2. The van der Waals surface area contributed by atoms with Crippen LogP contribution in [0.3, 0.4) is 0 Å². The summed E-state index contributed by atoms with van der Waals surface area (Å²) in [5.41, 5.74) is 0.713. The van der Waals surface area contributed by atoms with E-state index >= 15 is 0 Å². The lowest BCUT2D eigenvalue weighted by atomic mass is 9.78. The van der Waals surface area contributed by atoms with Crippen molar-refractivity contribution in [2.24, 2.45) is 11.8 Å². The zero-order valence-electron chi connectivity index (χ0n) is 19.4. The zero-order chi connectivity index (χ0) is 21.6. The number of halogens is 1. The number of ether oxygens (including phenoxy) is 1. The molecule has 0 amide bonds. The maximum Gasteiger partial charge on any atom is 0.311 e. The van der Waals surface area contributed by atoms with Gasteiger partial charge in [0, 0.05) is 12.5 Å². The SMILES string of the molecule is CCCCCCC[C@H]1CC[C@H](CCC(=O)Oc2ccc(CCCCC)c(F)c2)CC1. The van der Waals surface area contributed by atoms with Gasteiger partial charge >= 0.3 is 5.97 Å². The second-order valence-electron chi connectivity index (χ2n) is 9.31. The Morgan fingerprint density at radius 3 is 2.20 bits per heavy atom. The van der Waals surface area contributed by atoms with Gasteiger partial charge in [0.05, 0.1) is 0 Å². The lowest BCUT2D eigenvalue weighted by molar-refractivity contribution is -0.134. The van der Waals surface area contributed by atoms with E-state index in [2.05, 4.69) is 13.8 Å². The normalized spacial score (nSPS) is 19.0. The fourth-order valence-electron chi connectivity index (χ4n) is 4.71. The molecule has 1 aromatic rings. The molecule has 0 spiro atoms. The van der Waals surface area contributed by atoms with Crippen LogP contribution in [0.4, 0.5) is 4.39 Å². The fraction of sp³-hybridized carbons (Fsp3) is 0.741. The summed E-state index contributed by atoms with van der Waals surface area (Å²) in [5, 5.41) is 0. The second kappa shape index (κ2) is 14.6. The first-order chi connectivity index (χ1) is 14.6.